The van der Waals surface area contributed by atoms with Gasteiger partial charge in [0.1, 0.15) is 5.75 Å². The number of anilines is 1. The van der Waals surface area contributed by atoms with Gasteiger partial charge in [-0.1, -0.05) is 30.1 Å². The van der Waals surface area contributed by atoms with Crippen molar-refractivity contribution in [2.24, 2.45) is 0 Å². The largest absolute Gasteiger partial charge is 0.494 e. The van der Waals surface area contributed by atoms with E-state index in [4.69, 9.17) is 27.9 Å². The molecular formula is C19H22Cl2N2O3S. The van der Waals surface area contributed by atoms with Crippen molar-refractivity contribution in [3.8, 4) is 5.75 Å². The van der Waals surface area contributed by atoms with Gasteiger partial charge in [0.25, 0.3) is 0 Å². The van der Waals surface area contributed by atoms with Crippen LogP contribution in [0.1, 0.15) is 13.3 Å². The zero-order valence-electron chi connectivity index (χ0n) is 15.1. The smallest absolute Gasteiger partial charge is 0.243 e. The van der Waals surface area contributed by atoms with Gasteiger partial charge in [-0.05, 0) is 48.9 Å². The molecule has 2 aromatic rings. The number of ether oxygens (including phenoxy) is 1. The summed E-state index contributed by atoms with van der Waals surface area (Å²) >= 11 is 12.0. The third-order valence-corrected chi connectivity index (χ3v) is 7.09. The lowest BCUT2D eigenvalue weighted by Gasteiger charge is -2.35. The van der Waals surface area contributed by atoms with Gasteiger partial charge in [0.05, 0.1) is 21.5 Å². The number of hydrogen-bond acceptors (Lipinski definition) is 4. The van der Waals surface area contributed by atoms with Crippen LogP contribution in [0.3, 0.4) is 0 Å². The van der Waals surface area contributed by atoms with E-state index in [0.29, 0.717) is 48.6 Å². The SMILES string of the molecule is CCCOc1ccc(S(=O)(=O)N2CCN(c3ccc(Cl)c(Cl)c3)CC2)cc1. The number of sulfonamides is 1. The lowest BCUT2D eigenvalue weighted by Crippen LogP contribution is -2.48. The molecule has 0 N–H and O–H groups in total. The zero-order chi connectivity index (χ0) is 19.4. The predicted molar refractivity (Wildman–Crippen MR) is 110 cm³/mol. The normalized spacial score (nSPS) is 15.7. The molecule has 1 aliphatic rings. The highest BCUT2D eigenvalue weighted by atomic mass is 35.5. The maximum absolute atomic E-state index is 12.9. The molecule has 0 saturated carbocycles. The molecule has 0 spiro atoms. The first-order chi connectivity index (χ1) is 12.9. The molecule has 3 rings (SSSR count). The van der Waals surface area contributed by atoms with E-state index in [1.54, 1.807) is 30.3 Å². The van der Waals surface area contributed by atoms with Crippen molar-refractivity contribution in [1.29, 1.82) is 0 Å². The van der Waals surface area contributed by atoms with Crippen LogP contribution in [-0.4, -0.2) is 45.5 Å². The summed E-state index contributed by atoms with van der Waals surface area (Å²) in [5, 5.41) is 1.00. The second kappa shape index (κ2) is 8.69. The Morgan fingerprint density at radius 3 is 2.22 bits per heavy atom. The summed E-state index contributed by atoms with van der Waals surface area (Å²) in [7, 11) is -3.52. The van der Waals surface area contributed by atoms with Crippen LogP contribution in [0.4, 0.5) is 5.69 Å². The van der Waals surface area contributed by atoms with Crippen LogP contribution in [0.2, 0.25) is 10.0 Å². The lowest BCUT2D eigenvalue weighted by molar-refractivity contribution is 0.317. The third-order valence-electron chi connectivity index (χ3n) is 4.44. The Bertz CT molecular complexity index is 880. The Labute approximate surface area is 170 Å². The highest BCUT2D eigenvalue weighted by Crippen LogP contribution is 2.28. The van der Waals surface area contributed by atoms with E-state index in [1.165, 1.54) is 4.31 Å². The monoisotopic (exact) mass is 428 g/mol. The first kappa shape index (κ1) is 20.3. The average Bonchev–Trinajstić information content (AvgIpc) is 2.69. The first-order valence-electron chi connectivity index (χ1n) is 8.85. The molecule has 5 nitrogen and oxygen atoms in total. The summed E-state index contributed by atoms with van der Waals surface area (Å²) < 4.78 is 32.8. The van der Waals surface area contributed by atoms with E-state index in [0.717, 1.165) is 12.1 Å². The van der Waals surface area contributed by atoms with Crippen LogP contribution in [0.5, 0.6) is 5.75 Å². The van der Waals surface area contributed by atoms with Gasteiger partial charge in [0.2, 0.25) is 10.0 Å². The third kappa shape index (κ3) is 4.69. The van der Waals surface area contributed by atoms with E-state index in [9.17, 15) is 8.42 Å². The van der Waals surface area contributed by atoms with Crippen LogP contribution in [0.25, 0.3) is 0 Å². The fraction of sp³-hybridized carbons (Fsp3) is 0.368. The fourth-order valence-electron chi connectivity index (χ4n) is 2.95. The molecule has 1 saturated heterocycles. The number of piperazine rings is 1. The summed E-state index contributed by atoms with van der Waals surface area (Å²) in [6, 6.07) is 12.1. The predicted octanol–water partition coefficient (Wildman–Crippen LogP) is 4.29. The van der Waals surface area contributed by atoms with Crippen LogP contribution in [0, 0.1) is 0 Å². The molecule has 0 atom stereocenters. The summed E-state index contributed by atoms with van der Waals surface area (Å²) in [6.07, 6.45) is 0.906. The topological polar surface area (TPSA) is 49.9 Å². The molecular weight excluding hydrogens is 407 g/mol. The minimum Gasteiger partial charge on any atom is -0.494 e. The number of hydrogen-bond donors (Lipinski definition) is 0. The summed E-state index contributed by atoms with van der Waals surface area (Å²) in [4.78, 5) is 2.39. The van der Waals surface area contributed by atoms with E-state index in [1.807, 2.05) is 19.1 Å². The minimum absolute atomic E-state index is 0.286. The van der Waals surface area contributed by atoms with Crippen LogP contribution >= 0.6 is 23.2 Å². The molecule has 0 aliphatic carbocycles. The highest BCUT2D eigenvalue weighted by molar-refractivity contribution is 7.89. The molecule has 0 unspecified atom stereocenters. The second-order valence-corrected chi connectivity index (χ2v) is 9.06. The molecule has 1 fully saturated rings. The average molecular weight is 429 g/mol. The zero-order valence-corrected chi connectivity index (χ0v) is 17.4. The number of benzene rings is 2. The summed E-state index contributed by atoms with van der Waals surface area (Å²) in [6.45, 7) is 4.65. The quantitative estimate of drug-likeness (QED) is 0.688. The van der Waals surface area contributed by atoms with Crippen LogP contribution in [0.15, 0.2) is 47.4 Å². The van der Waals surface area contributed by atoms with Gasteiger partial charge < -0.3 is 9.64 Å². The molecule has 8 heteroatoms. The van der Waals surface area contributed by atoms with Gasteiger partial charge in [-0.15, -0.1) is 0 Å². The Balaban J connectivity index is 1.66. The number of nitrogens with zero attached hydrogens (tertiary/aromatic N) is 2. The van der Waals surface area contributed by atoms with Gasteiger partial charge in [-0.2, -0.15) is 4.31 Å². The standard InChI is InChI=1S/C19H22Cl2N2O3S/c1-2-13-26-16-4-6-17(7-5-16)27(24,25)23-11-9-22(10-12-23)15-3-8-18(20)19(21)14-15/h3-8,14H,2,9-13H2,1H3. The van der Waals surface area contributed by atoms with Gasteiger partial charge >= 0.3 is 0 Å². The van der Waals surface area contributed by atoms with E-state index in [-0.39, 0.29) is 4.90 Å². The Morgan fingerprint density at radius 1 is 0.963 bits per heavy atom. The van der Waals surface area contributed by atoms with Crippen molar-refractivity contribution in [3.63, 3.8) is 0 Å². The van der Waals surface area contributed by atoms with Crippen molar-refractivity contribution in [3.05, 3.63) is 52.5 Å². The van der Waals surface area contributed by atoms with Crippen LogP contribution < -0.4 is 9.64 Å². The molecule has 0 radical (unpaired) electrons. The van der Waals surface area contributed by atoms with Crippen LogP contribution in [-0.2, 0) is 10.0 Å². The molecule has 1 aliphatic heterocycles. The van der Waals surface area contributed by atoms with Crippen molar-refractivity contribution >= 4 is 38.9 Å². The maximum atomic E-state index is 12.9. The van der Waals surface area contributed by atoms with Gasteiger partial charge in [0.15, 0.2) is 0 Å². The Hall–Kier alpha value is -1.47. The Morgan fingerprint density at radius 2 is 1.63 bits per heavy atom. The van der Waals surface area contributed by atoms with Crippen molar-refractivity contribution in [1.82, 2.24) is 4.31 Å². The van der Waals surface area contributed by atoms with Crippen molar-refractivity contribution in [2.75, 3.05) is 37.7 Å². The second-order valence-electron chi connectivity index (χ2n) is 6.31. The molecule has 146 valence electrons. The molecule has 2 aromatic carbocycles. The highest BCUT2D eigenvalue weighted by Gasteiger charge is 2.28. The van der Waals surface area contributed by atoms with E-state index < -0.39 is 10.0 Å². The number of rotatable bonds is 6. The molecule has 0 amide bonds. The summed E-state index contributed by atoms with van der Waals surface area (Å²) in [5.41, 5.74) is 0.943. The molecule has 1 heterocycles. The molecule has 27 heavy (non-hydrogen) atoms. The maximum Gasteiger partial charge on any atom is 0.243 e. The Kier molecular flexibility index (Phi) is 6.52. The van der Waals surface area contributed by atoms with Crippen molar-refractivity contribution in [2.45, 2.75) is 18.2 Å². The summed E-state index contributed by atoms with van der Waals surface area (Å²) in [5.74, 6) is 0.681. The minimum atomic E-state index is -3.52. The van der Waals surface area contributed by atoms with Gasteiger partial charge in [-0.3, -0.25) is 0 Å². The van der Waals surface area contributed by atoms with E-state index >= 15 is 0 Å². The number of halogens is 2. The fourth-order valence-corrected chi connectivity index (χ4v) is 4.66. The molecule has 0 bridgehead atoms. The van der Waals surface area contributed by atoms with E-state index in [2.05, 4.69) is 4.90 Å². The first-order valence-corrected chi connectivity index (χ1v) is 11.0. The lowest BCUT2D eigenvalue weighted by atomic mass is 10.2. The van der Waals surface area contributed by atoms with Gasteiger partial charge in [-0.25, -0.2) is 8.42 Å². The van der Waals surface area contributed by atoms with Crippen molar-refractivity contribution < 1.29 is 13.2 Å². The van der Waals surface area contributed by atoms with Gasteiger partial charge in [0, 0.05) is 31.9 Å². The molecule has 0 aromatic heterocycles.